The van der Waals surface area contributed by atoms with Gasteiger partial charge in [-0.2, -0.15) is 13.2 Å². The van der Waals surface area contributed by atoms with Gasteiger partial charge in [-0.3, -0.25) is 14.5 Å². The Morgan fingerprint density at radius 1 is 1.27 bits per heavy atom. The molecule has 1 saturated heterocycles. The van der Waals surface area contributed by atoms with Crippen molar-refractivity contribution >= 4 is 23.2 Å². The molecule has 1 aromatic rings. The summed E-state index contributed by atoms with van der Waals surface area (Å²) in [5.74, 6) is -0.934. The molecule has 2 saturated carbocycles. The Morgan fingerprint density at radius 3 is 2.47 bits per heavy atom. The largest absolute Gasteiger partial charge is 0.418 e. The molecule has 3 aliphatic rings. The molecular weight excluding hydrogens is 401 g/mol. The lowest BCUT2D eigenvalue weighted by Gasteiger charge is -2.31. The number of alkyl halides is 3. The first-order chi connectivity index (χ1) is 14.3. The minimum Gasteiger partial charge on any atom is -0.370 e. The number of nitrogens with zero attached hydrogens (tertiary/aromatic N) is 2. The van der Waals surface area contributed by atoms with E-state index in [1.165, 1.54) is 17.0 Å². The molecule has 30 heavy (non-hydrogen) atoms. The molecule has 1 aliphatic heterocycles. The average molecular weight is 426 g/mol. The lowest BCUT2D eigenvalue weighted by molar-refractivity contribution is -0.137. The van der Waals surface area contributed by atoms with Gasteiger partial charge in [0.05, 0.1) is 17.9 Å². The Bertz CT molecular complexity index is 812. The van der Waals surface area contributed by atoms with Crippen LogP contribution in [0.3, 0.4) is 0 Å². The summed E-state index contributed by atoms with van der Waals surface area (Å²) in [7, 11) is 0. The van der Waals surface area contributed by atoms with Gasteiger partial charge in [-0.15, -0.1) is 0 Å². The minimum atomic E-state index is -4.70. The molecule has 2 amide bonds. The summed E-state index contributed by atoms with van der Waals surface area (Å²) < 4.78 is 46.3. The standard InChI is InChI=1S/C20H25F3N4O3/c21-20(22,23)15-9-14(26-7-8-30-11-18(26)28)5-6-16(15)25-19(29)17(10-24)27(12-1-2-12)13-3-4-13/h5-6,9,12-13,17H,1-4,7-8,10-11,24H2,(H,25,29)/t17-/m1/s1. The first-order valence-electron chi connectivity index (χ1n) is 10.2. The van der Waals surface area contributed by atoms with Crippen LogP contribution in [0.15, 0.2) is 18.2 Å². The van der Waals surface area contributed by atoms with Gasteiger partial charge in [0.2, 0.25) is 5.91 Å². The van der Waals surface area contributed by atoms with Crippen LogP contribution in [0.5, 0.6) is 0 Å². The molecular formula is C20H25F3N4O3. The van der Waals surface area contributed by atoms with E-state index in [0.717, 1.165) is 31.7 Å². The van der Waals surface area contributed by atoms with E-state index >= 15 is 0 Å². The zero-order valence-corrected chi connectivity index (χ0v) is 16.5. The number of anilines is 2. The molecule has 1 heterocycles. The SMILES string of the molecule is NC[C@H](C(=O)Nc1ccc(N2CCOCC2=O)cc1C(F)(F)F)N(C1CC1)C1CC1. The van der Waals surface area contributed by atoms with Crippen LogP contribution >= 0.6 is 0 Å². The van der Waals surface area contributed by atoms with Crippen molar-refractivity contribution in [3.63, 3.8) is 0 Å². The topological polar surface area (TPSA) is 87.9 Å². The van der Waals surface area contributed by atoms with Gasteiger partial charge in [-0.05, 0) is 43.9 Å². The molecule has 0 bridgehead atoms. The summed E-state index contributed by atoms with van der Waals surface area (Å²) in [5, 5.41) is 2.45. The van der Waals surface area contributed by atoms with Crippen molar-refractivity contribution in [1.29, 1.82) is 0 Å². The van der Waals surface area contributed by atoms with Crippen LogP contribution in [0.1, 0.15) is 31.2 Å². The van der Waals surface area contributed by atoms with E-state index in [1.807, 2.05) is 0 Å². The maximum absolute atomic E-state index is 13.7. The second-order valence-corrected chi connectivity index (χ2v) is 7.98. The van der Waals surface area contributed by atoms with Crippen molar-refractivity contribution in [2.45, 2.75) is 50.0 Å². The maximum Gasteiger partial charge on any atom is 0.418 e. The third kappa shape index (κ3) is 4.45. The van der Waals surface area contributed by atoms with Crippen LogP contribution < -0.4 is 16.0 Å². The first-order valence-corrected chi connectivity index (χ1v) is 10.2. The number of amides is 2. The lowest BCUT2D eigenvalue weighted by Crippen LogP contribution is -2.50. The molecule has 2 aliphatic carbocycles. The van der Waals surface area contributed by atoms with Crippen LogP contribution in [-0.2, 0) is 20.5 Å². The van der Waals surface area contributed by atoms with Crippen molar-refractivity contribution in [2.24, 2.45) is 5.73 Å². The Labute approximate surface area is 172 Å². The summed E-state index contributed by atoms with van der Waals surface area (Å²) in [6.45, 7) is 0.299. The number of nitrogens with two attached hydrogens (primary N) is 1. The fourth-order valence-corrected chi connectivity index (χ4v) is 3.97. The highest BCUT2D eigenvalue weighted by Crippen LogP contribution is 2.40. The van der Waals surface area contributed by atoms with E-state index in [1.54, 1.807) is 0 Å². The van der Waals surface area contributed by atoms with Crippen molar-refractivity contribution in [3.05, 3.63) is 23.8 Å². The quantitative estimate of drug-likeness (QED) is 0.696. The van der Waals surface area contributed by atoms with Crippen LogP contribution in [0, 0.1) is 0 Å². The van der Waals surface area contributed by atoms with Crippen LogP contribution in [-0.4, -0.2) is 61.1 Å². The third-order valence-electron chi connectivity index (χ3n) is 5.69. The number of ether oxygens (including phenoxy) is 1. The van der Waals surface area contributed by atoms with Gasteiger partial charge in [0, 0.05) is 30.9 Å². The highest BCUT2D eigenvalue weighted by atomic mass is 19.4. The van der Waals surface area contributed by atoms with Gasteiger partial charge in [0.1, 0.15) is 12.6 Å². The van der Waals surface area contributed by atoms with Crippen LogP contribution in [0.4, 0.5) is 24.5 Å². The van der Waals surface area contributed by atoms with Gasteiger partial charge in [-0.25, -0.2) is 0 Å². The maximum atomic E-state index is 13.7. The summed E-state index contributed by atoms with van der Waals surface area (Å²) in [5.41, 5.74) is 4.64. The zero-order chi connectivity index (χ0) is 21.5. The Balaban J connectivity index is 1.58. The van der Waals surface area contributed by atoms with E-state index in [2.05, 4.69) is 10.2 Å². The number of carbonyl (C=O) groups is 2. The van der Waals surface area contributed by atoms with Crippen molar-refractivity contribution < 1.29 is 27.5 Å². The molecule has 10 heteroatoms. The number of nitrogens with one attached hydrogen (secondary N) is 1. The molecule has 164 valence electrons. The molecule has 1 atom stereocenters. The molecule has 0 unspecified atom stereocenters. The van der Waals surface area contributed by atoms with Crippen molar-refractivity contribution in [1.82, 2.24) is 4.90 Å². The summed E-state index contributed by atoms with van der Waals surface area (Å²) in [6.07, 6.45) is -0.766. The number of hydrogen-bond acceptors (Lipinski definition) is 5. The Kier molecular flexibility index (Phi) is 5.73. The van der Waals surface area contributed by atoms with Crippen LogP contribution in [0.2, 0.25) is 0 Å². The third-order valence-corrected chi connectivity index (χ3v) is 5.69. The van der Waals surface area contributed by atoms with E-state index < -0.39 is 29.6 Å². The van der Waals surface area contributed by atoms with Crippen molar-refractivity contribution in [3.8, 4) is 0 Å². The average Bonchev–Trinajstić information content (AvgIpc) is 3.60. The molecule has 7 nitrogen and oxygen atoms in total. The summed E-state index contributed by atoms with van der Waals surface area (Å²) in [4.78, 5) is 28.2. The predicted molar refractivity (Wildman–Crippen MR) is 104 cm³/mol. The summed E-state index contributed by atoms with van der Waals surface area (Å²) >= 11 is 0. The van der Waals surface area contributed by atoms with Crippen molar-refractivity contribution in [2.75, 3.05) is 36.5 Å². The number of hydrogen-bond donors (Lipinski definition) is 2. The zero-order valence-electron chi connectivity index (χ0n) is 16.5. The second-order valence-electron chi connectivity index (χ2n) is 7.98. The molecule has 3 fully saturated rings. The number of rotatable bonds is 7. The smallest absolute Gasteiger partial charge is 0.370 e. The molecule has 0 radical (unpaired) electrons. The number of benzene rings is 1. The van der Waals surface area contributed by atoms with E-state index in [4.69, 9.17) is 10.5 Å². The van der Waals surface area contributed by atoms with Gasteiger partial charge in [0.25, 0.3) is 5.91 Å². The van der Waals surface area contributed by atoms with E-state index in [-0.39, 0.29) is 49.8 Å². The molecule has 1 aromatic carbocycles. The Morgan fingerprint density at radius 2 is 1.93 bits per heavy atom. The second kappa shape index (κ2) is 8.16. The molecule has 3 N–H and O–H groups in total. The molecule has 0 spiro atoms. The summed E-state index contributed by atoms with van der Waals surface area (Å²) in [6, 6.07) is 3.42. The highest BCUT2D eigenvalue weighted by Gasteiger charge is 2.45. The van der Waals surface area contributed by atoms with E-state index in [9.17, 15) is 22.8 Å². The van der Waals surface area contributed by atoms with Gasteiger partial charge in [0.15, 0.2) is 0 Å². The highest BCUT2D eigenvalue weighted by molar-refractivity contribution is 5.98. The van der Waals surface area contributed by atoms with E-state index in [0.29, 0.717) is 0 Å². The fourth-order valence-electron chi connectivity index (χ4n) is 3.97. The number of morpholine rings is 1. The van der Waals surface area contributed by atoms with Gasteiger partial charge < -0.3 is 20.7 Å². The van der Waals surface area contributed by atoms with Gasteiger partial charge in [-0.1, -0.05) is 0 Å². The van der Waals surface area contributed by atoms with Gasteiger partial charge >= 0.3 is 6.18 Å². The number of halogens is 3. The minimum absolute atomic E-state index is 0.0422. The predicted octanol–water partition coefficient (Wildman–Crippen LogP) is 1.96. The molecule has 4 rings (SSSR count). The fraction of sp³-hybridized carbons (Fsp3) is 0.600. The number of carbonyl (C=O) groups excluding carboxylic acids is 2. The normalized spacial score (nSPS) is 21.1. The lowest BCUT2D eigenvalue weighted by atomic mass is 10.1. The monoisotopic (exact) mass is 426 g/mol. The Hall–Kier alpha value is -2.17. The first kappa shape index (κ1) is 21.1. The molecule has 0 aromatic heterocycles. The van der Waals surface area contributed by atoms with Crippen LogP contribution in [0.25, 0.3) is 0 Å².